The fourth-order valence-corrected chi connectivity index (χ4v) is 6.82. The summed E-state index contributed by atoms with van der Waals surface area (Å²) in [7, 11) is -4.00. The van der Waals surface area contributed by atoms with Crippen LogP contribution in [0.5, 0.6) is 0 Å². The smallest absolute Gasteiger partial charge is 0.291 e. The van der Waals surface area contributed by atoms with Crippen molar-refractivity contribution in [1.82, 2.24) is 29.2 Å². The number of piperazine rings is 1. The lowest BCUT2D eigenvalue weighted by Gasteiger charge is -2.37. The predicted octanol–water partition coefficient (Wildman–Crippen LogP) is 2.55. The van der Waals surface area contributed by atoms with Crippen LogP contribution in [0.3, 0.4) is 0 Å². The number of pyridine rings is 1. The van der Waals surface area contributed by atoms with E-state index in [2.05, 4.69) is 19.9 Å². The van der Waals surface area contributed by atoms with Crippen molar-refractivity contribution in [3.63, 3.8) is 0 Å². The third kappa shape index (κ3) is 5.11. The lowest BCUT2D eigenvalue weighted by molar-refractivity contribution is -0.134. The van der Waals surface area contributed by atoms with Gasteiger partial charge in [-0.15, -0.1) is 10.2 Å². The average Bonchev–Trinajstić information content (AvgIpc) is 3.62. The summed E-state index contributed by atoms with van der Waals surface area (Å²) in [6, 6.07) is 1.59. The molecule has 1 atom stereocenters. The Bertz CT molecular complexity index is 1440. The molecule has 3 aromatic heterocycles. The summed E-state index contributed by atoms with van der Waals surface area (Å²) in [5.74, 6) is 0.169. The SMILES string of the molecule is CC(C)C(=O)N1CCN(c2cc(S(=O)(=O)NC3(C)CCOC3)cn3c(-c4nnc(C(F)F)s4)ncc23)CC1. The zero-order valence-electron chi connectivity index (χ0n) is 21.2. The zero-order chi connectivity index (χ0) is 27.2. The molecule has 2 saturated heterocycles. The Balaban J connectivity index is 1.57. The molecule has 206 valence electrons. The van der Waals surface area contributed by atoms with E-state index < -0.39 is 27.0 Å². The molecule has 0 aliphatic carbocycles. The number of anilines is 1. The van der Waals surface area contributed by atoms with Crippen LogP contribution >= 0.6 is 11.3 Å². The largest absolute Gasteiger partial charge is 0.379 e. The molecule has 0 radical (unpaired) electrons. The fraction of sp³-hybridized carbons (Fsp3) is 0.565. The molecule has 5 rings (SSSR count). The number of ether oxygens (including phenoxy) is 1. The Hall–Kier alpha value is -2.75. The molecular weight excluding hydrogens is 540 g/mol. The van der Waals surface area contributed by atoms with Gasteiger partial charge in [-0.2, -0.15) is 0 Å². The molecule has 38 heavy (non-hydrogen) atoms. The summed E-state index contributed by atoms with van der Waals surface area (Å²) >= 11 is 0.705. The highest BCUT2D eigenvalue weighted by atomic mass is 32.2. The van der Waals surface area contributed by atoms with E-state index in [1.165, 1.54) is 6.20 Å². The topological polar surface area (TPSA) is 122 Å². The van der Waals surface area contributed by atoms with Crippen LogP contribution in [0.1, 0.15) is 38.6 Å². The zero-order valence-corrected chi connectivity index (χ0v) is 22.9. The number of carbonyl (C=O) groups is 1. The molecule has 15 heteroatoms. The first-order valence-electron chi connectivity index (χ1n) is 12.3. The van der Waals surface area contributed by atoms with E-state index >= 15 is 0 Å². The van der Waals surface area contributed by atoms with Gasteiger partial charge in [0.2, 0.25) is 15.9 Å². The quantitative estimate of drug-likeness (QED) is 0.461. The van der Waals surface area contributed by atoms with Crippen molar-refractivity contribution in [2.75, 3.05) is 44.3 Å². The summed E-state index contributed by atoms with van der Waals surface area (Å²) in [5.41, 5.74) is 0.446. The van der Waals surface area contributed by atoms with E-state index in [1.54, 1.807) is 28.5 Å². The molecule has 0 saturated carbocycles. The van der Waals surface area contributed by atoms with Gasteiger partial charge >= 0.3 is 0 Å². The number of fused-ring (bicyclic) bond motifs is 1. The van der Waals surface area contributed by atoms with Crippen molar-refractivity contribution >= 4 is 38.5 Å². The lowest BCUT2D eigenvalue weighted by Crippen LogP contribution is -2.50. The number of alkyl halides is 2. The van der Waals surface area contributed by atoms with Crippen molar-refractivity contribution in [1.29, 1.82) is 0 Å². The van der Waals surface area contributed by atoms with E-state index in [-0.39, 0.29) is 34.2 Å². The van der Waals surface area contributed by atoms with Crippen LogP contribution in [0.25, 0.3) is 16.3 Å². The van der Waals surface area contributed by atoms with E-state index in [4.69, 9.17) is 4.74 Å². The molecule has 0 aromatic carbocycles. The minimum atomic E-state index is -4.00. The van der Waals surface area contributed by atoms with Gasteiger partial charge in [0.15, 0.2) is 15.8 Å². The maximum Gasteiger partial charge on any atom is 0.291 e. The first-order chi connectivity index (χ1) is 18.0. The molecule has 3 aromatic rings. The van der Waals surface area contributed by atoms with Gasteiger partial charge in [-0.3, -0.25) is 9.20 Å². The second-order valence-corrected chi connectivity index (χ2v) is 12.8. The summed E-state index contributed by atoms with van der Waals surface area (Å²) in [6.07, 6.45) is 0.743. The third-order valence-electron chi connectivity index (χ3n) is 6.75. The molecule has 11 nitrogen and oxygen atoms in total. The number of hydrogen-bond acceptors (Lipinski definition) is 9. The third-order valence-corrected chi connectivity index (χ3v) is 9.28. The van der Waals surface area contributed by atoms with Crippen LogP contribution < -0.4 is 9.62 Å². The highest BCUT2D eigenvalue weighted by Gasteiger charge is 2.35. The van der Waals surface area contributed by atoms with Crippen LogP contribution in [-0.2, 0) is 19.6 Å². The van der Waals surface area contributed by atoms with Gasteiger partial charge in [0.05, 0.1) is 29.5 Å². The van der Waals surface area contributed by atoms with Gasteiger partial charge in [0.1, 0.15) is 4.90 Å². The number of aromatic nitrogens is 4. The number of amides is 1. The summed E-state index contributed by atoms with van der Waals surface area (Å²) in [4.78, 5) is 20.7. The first-order valence-corrected chi connectivity index (χ1v) is 14.6. The van der Waals surface area contributed by atoms with Crippen molar-refractivity contribution < 1.29 is 26.7 Å². The lowest BCUT2D eigenvalue weighted by atomic mass is 10.0. The Morgan fingerprint density at radius 1 is 1.21 bits per heavy atom. The van der Waals surface area contributed by atoms with Crippen LogP contribution in [0.15, 0.2) is 23.4 Å². The van der Waals surface area contributed by atoms with Crippen LogP contribution in [0.2, 0.25) is 0 Å². The number of rotatable bonds is 7. The minimum Gasteiger partial charge on any atom is -0.379 e. The van der Waals surface area contributed by atoms with Gasteiger partial charge in [-0.1, -0.05) is 25.2 Å². The molecule has 0 spiro atoms. The highest BCUT2D eigenvalue weighted by Crippen LogP contribution is 2.34. The Labute approximate surface area is 222 Å². The van der Waals surface area contributed by atoms with E-state index in [0.717, 1.165) is 0 Å². The second-order valence-electron chi connectivity index (χ2n) is 10.1. The first kappa shape index (κ1) is 26.8. The fourth-order valence-electron chi connectivity index (χ4n) is 4.69. The molecular formula is C23H29F2N7O4S2. The minimum absolute atomic E-state index is 0.00772. The van der Waals surface area contributed by atoms with Crippen molar-refractivity contribution in [2.45, 2.75) is 44.1 Å². The molecule has 5 heterocycles. The average molecular weight is 570 g/mol. The Morgan fingerprint density at radius 2 is 1.95 bits per heavy atom. The van der Waals surface area contributed by atoms with Gasteiger partial charge in [0.25, 0.3) is 6.43 Å². The number of imidazole rings is 1. The van der Waals surface area contributed by atoms with Crippen molar-refractivity contribution in [3.05, 3.63) is 23.5 Å². The summed E-state index contributed by atoms with van der Waals surface area (Å²) < 4.78 is 63.2. The van der Waals surface area contributed by atoms with Gasteiger partial charge in [-0.05, 0) is 19.4 Å². The molecule has 2 fully saturated rings. The standard InChI is InChI=1S/C23H29F2N7O4S2/c1-14(2)22(33)31-7-5-30(6-8-31)16-10-15(38(34,35)29-23(3)4-9-36-13-23)12-32-17(16)11-26-19(32)21-28-27-20(37-21)18(24)25/h10-12,14,18,29H,4-9,13H2,1-3H3. The number of sulfonamides is 1. The monoisotopic (exact) mass is 569 g/mol. The Morgan fingerprint density at radius 3 is 2.55 bits per heavy atom. The van der Waals surface area contributed by atoms with Gasteiger partial charge < -0.3 is 14.5 Å². The number of carbonyl (C=O) groups excluding carboxylic acids is 1. The molecule has 1 amide bonds. The number of nitrogens with one attached hydrogen (secondary N) is 1. The second kappa shape index (κ2) is 10.1. The predicted molar refractivity (Wildman–Crippen MR) is 137 cm³/mol. The maximum atomic E-state index is 13.6. The Kier molecular flexibility index (Phi) is 7.13. The molecule has 2 aliphatic rings. The molecule has 1 unspecified atom stereocenters. The molecule has 2 aliphatic heterocycles. The van der Waals surface area contributed by atoms with Gasteiger partial charge in [0, 0.05) is 44.9 Å². The van der Waals surface area contributed by atoms with E-state index in [9.17, 15) is 22.0 Å². The maximum absolute atomic E-state index is 13.6. The van der Waals surface area contributed by atoms with Crippen LogP contribution in [-0.4, -0.2) is 83.7 Å². The van der Waals surface area contributed by atoms with Crippen molar-refractivity contribution in [3.8, 4) is 10.8 Å². The number of nitrogens with zero attached hydrogens (tertiary/aromatic N) is 6. The van der Waals surface area contributed by atoms with Crippen LogP contribution in [0.4, 0.5) is 14.5 Å². The summed E-state index contributed by atoms with van der Waals surface area (Å²) in [5, 5.41) is 7.13. The number of hydrogen-bond donors (Lipinski definition) is 1. The number of halogens is 2. The highest BCUT2D eigenvalue weighted by molar-refractivity contribution is 7.89. The van der Waals surface area contributed by atoms with E-state index in [0.29, 0.717) is 61.7 Å². The summed E-state index contributed by atoms with van der Waals surface area (Å²) in [6.45, 7) is 8.18. The van der Waals surface area contributed by atoms with Gasteiger partial charge in [-0.25, -0.2) is 26.9 Å². The normalized spacial score (nSPS) is 20.8. The van der Waals surface area contributed by atoms with Crippen LogP contribution in [0, 0.1) is 5.92 Å². The molecule has 0 bridgehead atoms. The molecule has 1 N–H and O–H groups in total. The van der Waals surface area contributed by atoms with Crippen molar-refractivity contribution in [2.24, 2.45) is 5.92 Å². The van der Waals surface area contributed by atoms with E-state index in [1.807, 2.05) is 18.7 Å².